The van der Waals surface area contributed by atoms with E-state index in [1.165, 1.54) is 93.0 Å². The molecule has 2 heterocycles. The van der Waals surface area contributed by atoms with Gasteiger partial charge in [-0.3, -0.25) is 0 Å². The van der Waals surface area contributed by atoms with Crippen molar-refractivity contribution in [2.45, 2.75) is 45.4 Å². The number of fused-ring (bicyclic) bond motifs is 11. The molecular formula is C46H37N. The van der Waals surface area contributed by atoms with E-state index in [0.29, 0.717) is 23.7 Å². The van der Waals surface area contributed by atoms with Crippen LogP contribution in [-0.4, -0.2) is 4.40 Å². The standard InChI is InChI=1S/C46H37N/c1-26(2)28-13-15-30-24-44-40(20-33(30)17-28)42-22-35(39-19-32-9-5-6-10-36(32)37-11-7-8-12-38(37)39)23-43-41-21-34-18-29(27(3)4)14-16-31(34)25-45(41)47(44)46(42)43/h5-27,37-38H,1-4H3. The highest BCUT2D eigenvalue weighted by Gasteiger charge is 2.31. The molecule has 0 spiro atoms. The average Bonchev–Trinajstić information content (AvgIpc) is 3.59. The molecule has 10 rings (SSSR count). The zero-order valence-corrected chi connectivity index (χ0v) is 27.4. The van der Waals surface area contributed by atoms with E-state index < -0.39 is 0 Å². The molecule has 0 N–H and O–H groups in total. The fourth-order valence-electron chi connectivity index (χ4n) is 8.64. The summed E-state index contributed by atoms with van der Waals surface area (Å²) >= 11 is 0. The van der Waals surface area contributed by atoms with E-state index in [2.05, 4.69) is 160 Å². The van der Waals surface area contributed by atoms with Gasteiger partial charge in [-0.15, -0.1) is 0 Å². The van der Waals surface area contributed by atoms with Gasteiger partial charge in [-0.05, 0) is 103 Å². The summed E-state index contributed by atoms with van der Waals surface area (Å²) in [6.07, 6.45) is 11.7. The summed E-state index contributed by atoms with van der Waals surface area (Å²) in [6, 6.07) is 37.8. The van der Waals surface area contributed by atoms with Gasteiger partial charge in [-0.25, -0.2) is 0 Å². The van der Waals surface area contributed by atoms with E-state index in [0.717, 1.165) is 0 Å². The number of allylic oxidation sites excluding steroid dienone is 5. The van der Waals surface area contributed by atoms with E-state index in [4.69, 9.17) is 0 Å². The van der Waals surface area contributed by atoms with Crippen LogP contribution in [0.25, 0.3) is 71.3 Å². The largest absolute Gasteiger partial charge is 0.308 e. The molecule has 0 aliphatic heterocycles. The van der Waals surface area contributed by atoms with E-state index >= 15 is 0 Å². The van der Waals surface area contributed by atoms with Gasteiger partial charge in [0.2, 0.25) is 0 Å². The summed E-state index contributed by atoms with van der Waals surface area (Å²) in [7, 11) is 0. The highest BCUT2D eigenvalue weighted by molar-refractivity contribution is 6.26. The van der Waals surface area contributed by atoms with Crippen LogP contribution >= 0.6 is 0 Å². The fraction of sp³-hybridized carbons (Fsp3) is 0.174. The number of benzene rings is 6. The molecule has 2 unspecified atom stereocenters. The van der Waals surface area contributed by atoms with E-state index in [-0.39, 0.29) is 0 Å². The minimum Gasteiger partial charge on any atom is -0.308 e. The molecule has 1 nitrogen and oxygen atoms in total. The first-order valence-electron chi connectivity index (χ1n) is 17.2. The van der Waals surface area contributed by atoms with E-state index in [9.17, 15) is 0 Å². The summed E-state index contributed by atoms with van der Waals surface area (Å²) in [6.45, 7) is 9.14. The molecule has 1 heteroatoms. The maximum Gasteiger partial charge on any atom is 0.0620 e. The number of rotatable bonds is 3. The Labute approximate surface area is 275 Å². The third-order valence-corrected chi connectivity index (χ3v) is 11.2. The third-order valence-electron chi connectivity index (χ3n) is 11.2. The lowest BCUT2D eigenvalue weighted by atomic mass is 9.71. The topological polar surface area (TPSA) is 4.41 Å². The van der Waals surface area contributed by atoms with Crippen molar-refractivity contribution in [3.63, 3.8) is 0 Å². The summed E-state index contributed by atoms with van der Waals surface area (Å²) < 4.78 is 2.56. The predicted octanol–water partition coefficient (Wildman–Crippen LogP) is 12.8. The Balaban J connectivity index is 1.34. The second kappa shape index (κ2) is 9.69. The Morgan fingerprint density at radius 1 is 0.532 bits per heavy atom. The second-order valence-corrected chi connectivity index (χ2v) is 14.6. The molecule has 0 amide bonds. The van der Waals surface area contributed by atoms with Gasteiger partial charge in [0.05, 0.1) is 16.6 Å². The number of nitrogens with zero attached hydrogens (tertiary/aromatic N) is 1. The molecule has 2 aliphatic carbocycles. The van der Waals surface area contributed by atoms with Gasteiger partial charge < -0.3 is 4.40 Å². The molecule has 2 aromatic heterocycles. The van der Waals surface area contributed by atoms with Crippen molar-refractivity contribution in [1.82, 2.24) is 4.40 Å². The van der Waals surface area contributed by atoms with Crippen molar-refractivity contribution >= 4 is 71.3 Å². The van der Waals surface area contributed by atoms with E-state index in [1.807, 2.05) is 0 Å². The van der Waals surface area contributed by atoms with Crippen molar-refractivity contribution in [1.29, 1.82) is 0 Å². The number of aromatic nitrogens is 1. The van der Waals surface area contributed by atoms with Crippen molar-refractivity contribution in [2.24, 2.45) is 5.92 Å². The highest BCUT2D eigenvalue weighted by atomic mass is 14.9. The van der Waals surface area contributed by atoms with Gasteiger partial charge in [0.15, 0.2) is 0 Å². The zero-order chi connectivity index (χ0) is 31.6. The third kappa shape index (κ3) is 3.83. The lowest BCUT2D eigenvalue weighted by Crippen LogP contribution is -2.17. The Bertz CT molecular complexity index is 2550. The van der Waals surface area contributed by atoms with Crippen LogP contribution < -0.4 is 0 Å². The highest BCUT2D eigenvalue weighted by Crippen LogP contribution is 2.49. The van der Waals surface area contributed by atoms with E-state index in [1.54, 1.807) is 0 Å². The van der Waals surface area contributed by atoms with Gasteiger partial charge in [-0.1, -0.05) is 119 Å². The van der Waals surface area contributed by atoms with Crippen LogP contribution in [0.2, 0.25) is 0 Å². The van der Waals surface area contributed by atoms with Crippen molar-refractivity contribution in [2.75, 3.05) is 0 Å². The van der Waals surface area contributed by atoms with Gasteiger partial charge in [0.25, 0.3) is 0 Å². The van der Waals surface area contributed by atoms with Gasteiger partial charge in [0.1, 0.15) is 0 Å². The maximum atomic E-state index is 2.56. The van der Waals surface area contributed by atoms with Crippen LogP contribution in [0.15, 0.2) is 121 Å². The zero-order valence-electron chi connectivity index (χ0n) is 27.4. The predicted molar refractivity (Wildman–Crippen MR) is 203 cm³/mol. The minimum absolute atomic E-state index is 0.313. The number of hydrogen-bond acceptors (Lipinski definition) is 0. The Morgan fingerprint density at radius 3 is 1.70 bits per heavy atom. The fourth-order valence-corrected chi connectivity index (χ4v) is 8.64. The molecule has 0 bridgehead atoms. The smallest absolute Gasteiger partial charge is 0.0620 e. The van der Waals surface area contributed by atoms with Crippen LogP contribution in [0.3, 0.4) is 0 Å². The molecule has 0 fully saturated rings. The maximum absolute atomic E-state index is 2.56. The van der Waals surface area contributed by atoms with Gasteiger partial charge >= 0.3 is 0 Å². The lowest BCUT2D eigenvalue weighted by molar-refractivity contribution is 0.709. The SMILES string of the molecule is CC(C)c1ccc2cc3c(cc2c1)c1cc(C2=Cc4ccccc4C4C=CC=CC24)cc2c4cc5cc(C(C)C)ccc5cc4n3c12. The monoisotopic (exact) mass is 603 g/mol. The van der Waals surface area contributed by atoms with Crippen LogP contribution in [0.1, 0.15) is 73.3 Å². The molecule has 0 radical (unpaired) electrons. The average molecular weight is 604 g/mol. The van der Waals surface area contributed by atoms with Crippen molar-refractivity contribution in [3.05, 3.63) is 149 Å². The summed E-state index contributed by atoms with van der Waals surface area (Å²) in [5, 5.41) is 10.6. The van der Waals surface area contributed by atoms with Crippen molar-refractivity contribution in [3.8, 4) is 0 Å². The first-order valence-corrected chi connectivity index (χ1v) is 17.2. The molecule has 2 atom stereocenters. The molecule has 0 saturated carbocycles. The summed E-state index contributed by atoms with van der Waals surface area (Å²) in [4.78, 5) is 0. The quantitative estimate of drug-likeness (QED) is 0.189. The molecule has 2 aliphatic rings. The Kier molecular flexibility index (Phi) is 5.57. The van der Waals surface area contributed by atoms with Gasteiger partial charge in [0, 0.05) is 33.4 Å². The molecular weight excluding hydrogens is 567 g/mol. The molecule has 226 valence electrons. The van der Waals surface area contributed by atoms with Crippen LogP contribution in [0.4, 0.5) is 0 Å². The Morgan fingerprint density at radius 2 is 1.11 bits per heavy atom. The van der Waals surface area contributed by atoms with Crippen molar-refractivity contribution < 1.29 is 0 Å². The van der Waals surface area contributed by atoms with Crippen LogP contribution in [0, 0.1) is 5.92 Å². The number of hydrogen-bond donors (Lipinski definition) is 0. The van der Waals surface area contributed by atoms with Crippen LogP contribution in [0.5, 0.6) is 0 Å². The van der Waals surface area contributed by atoms with Crippen LogP contribution in [-0.2, 0) is 0 Å². The molecule has 0 saturated heterocycles. The molecule has 47 heavy (non-hydrogen) atoms. The molecule has 8 aromatic rings. The summed E-state index contributed by atoms with van der Waals surface area (Å²) in [5.74, 6) is 1.66. The van der Waals surface area contributed by atoms with Gasteiger partial charge in [-0.2, -0.15) is 0 Å². The first-order chi connectivity index (χ1) is 22.9. The molecule has 6 aromatic carbocycles. The lowest BCUT2D eigenvalue weighted by Gasteiger charge is -2.32. The Hall–Kier alpha value is -5.14. The normalized spacial score (nSPS) is 17.7. The summed E-state index contributed by atoms with van der Waals surface area (Å²) in [5.41, 5.74) is 12.2. The first kappa shape index (κ1) is 27.0. The second-order valence-electron chi connectivity index (χ2n) is 14.6. The minimum atomic E-state index is 0.313.